The van der Waals surface area contributed by atoms with Gasteiger partial charge in [-0.25, -0.2) is 4.79 Å². The molecule has 64 heavy (non-hydrogen) atoms. The van der Waals surface area contributed by atoms with E-state index in [1.807, 2.05) is 6.92 Å². The summed E-state index contributed by atoms with van der Waals surface area (Å²) in [6.45, 7) is 16.8. The van der Waals surface area contributed by atoms with Crippen LogP contribution in [0.4, 0.5) is 0 Å². The molecule has 10 N–H and O–H groups in total. The molecule has 4 saturated carbocycles. The van der Waals surface area contributed by atoms with Crippen molar-refractivity contribution in [2.24, 2.45) is 50.2 Å². The minimum absolute atomic E-state index is 0.0403. The van der Waals surface area contributed by atoms with Crippen LogP contribution < -0.4 is 0 Å². The SMILES string of the molecule is C[C@@H]1O[C@@H](O[C@H]2[C@H](O[C@H]3[C@H](O[C@H]4CC[C@@]5(C)[C@@H](CC[C@]6(C)[C@@H]5CC=C5[C@H]7CC(C)(C)[C@H](O)C[C@]7(C)CC[C@]56C)[C@@]4(C)CO)O[C@H](C(=O)O)[C@@H](O)[C@@H]3O)OC[C@H](O)[C@@H]2O)[C@H](O)[C@H](O)[C@H]1O. The lowest BCUT2D eigenvalue weighted by Gasteiger charge is -2.71. The molecule has 8 rings (SSSR count). The maximum atomic E-state index is 12.4. The van der Waals surface area contributed by atoms with Gasteiger partial charge in [-0.3, -0.25) is 0 Å². The highest BCUT2D eigenvalue weighted by Gasteiger charge is 2.69. The van der Waals surface area contributed by atoms with E-state index in [-0.39, 0.29) is 51.6 Å². The number of hydrogen-bond donors (Lipinski definition) is 10. The molecule has 0 bridgehead atoms. The topological polar surface area (TPSA) is 275 Å². The van der Waals surface area contributed by atoms with E-state index >= 15 is 0 Å². The van der Waals surface area contributed by atoms with Crippen LogP contribution in [-0.4, -0.2) is 168 Å². The Kier molecular flexibility index (Phi) is 13.0. The Morgan fingerprint density at radius 3 is 2.06 bits per heavy atom. The summed E-state index contributed by atoms with van der Waals surface area (Å²) in [6.07, 6.45) is -14.3. The molecule has 5 aliphatic carbocycles. The second kappa shape index (κ2) is 16.9. The van der Waals surface area contributed by atoms with Gasteiger partial charge in [0.1, 0.15) is 54.9 Å². The Morgan fingerprint density at radius 1 is 0.719 bits per heavy atom. The molecular formula is C47H76O17. The Hall–Kier alpha value is -1.39. The van der Waals surface area contributed by atoms with Gasteiger partial charge in [-0.2, -0.15) is 0 Å². The fourth-order valence-electron chi connectivity index (χ4n) is 14.7. The molecule has 17 nitrogen and oxygen atoms in total. The van der Waals surface area contributed by atoms with Crippen LogP contribution in [-0.2, 0) is 33.2 Å². The van der Waals surface area contributed by atoms with Crippen LogP contribution in [0.15, 0.2) is 11.6 Å². The number of aliphatic hydroxyl groups is 9. The second-order valence-corrected chi connectivity index (χ2v) is 23.1. The van der Waals surface area contributed by atoms with Crippen molar-refractivity contribution in [2.45, 2.75) is 211 Å². The maximum Gasteiger partial charge on any atom is 0.335 e. The summed E-state index contributed by atoms with van der Waals surface area (Å²) in [4.78, 5) is 12.4. The third kappa shape index (κ3) is 7.49. The highest BCUT2D eigenvalue weighted by atomic mass is 16.8. The largest absolute Gasteiger partial charge is 0.479 e. The van der Waals surface area contributed by atoms with Crippen molar-refractivity contribution in [3.63, 3.8) is 0 Å². The van der Waals surface area contributed by atoms with E-state index in [1.54, 1.807) is 5.57 Å². The first-order chi connectivity index (χ1) is 29.8. The van der Waals surface area contributed by atoms with Crippen molar-refractivity contribution in [1.82, 2.24) is 0 Å². The third-order valence-corrected chi connectivity index (χ3v) is 19.2. The van der Waals surface area contributed by atoms with Crippen LogP contribution in [0.3, 0.4) is 0 Å². The fraction of sp³-hybridized carbons (Fsp3) is 0.936. The zero-order valence-corrected chi connectivity index (χ0v) is 38.7. The molecule has 3 heterocycles. The van der Waals surface area contributed by atoms with Gasteiger partial charge in [0.25, 0.3) is 0 Å². The predicted molar refractivity (Wildman–Crippen MR) is 225 cm³/mol. The lowest BCUT2D eigenvalue weighted by Crippen LogP contribution is -2.68. The van der Waals surface area contributed by atoms with E-state index in [0.717, 1.165) is 51.4 Å². The fourth-order valence-corrected chi connectivity index (χ4v) is 14.7. The van der Waals surface area contributed by atoms with Gasteiger partial charge >= 0.3 is 5.97 Å². The number of carbonyl (C=O) groups is 1. The first kappa shape index (κ1) is 49.0. The number of aliphatic hydroxyl groups excluding tert-OH is 9. The van der Waals surface area contributed by atoms with Gasteiger partial charge in [-0.1, -0.05) is 60.1 Å². The quantitative estimate of drug-likeness (QED) is 0.122. The highest BCUT2D eigenvalue weighted by Crippen LogP contribution is 2.76. The monoisotopic (exact) mass is 913 g/mol. The molecule has 7 fully saturated rings. The van der Waals surface area contributed by atoms with Crippen LogP contribution in [0.5, 0.6) is 0 Å². The van der Waals surface area contributed by atoms with Gasteiger partial charge in [0.2, 0.25) is 0 Å². The molecule has 0 spiro atoms. The molecule has 17 heteroatoms. The standard InChI is InChI=1S/C47H76O17/c1-21-29(51)31(53)34(56)39(60-21)63-36-30(52)24(49)19-59-40(36)64-37-33(55)32(54)35(38(57)58)62-41(37)61-28-12-13-44(5)25(45(28,6)20-48)11-14-47(8)26(44)10-9-22-23-17-42(2,3)27(50)18-43(23,4)15-16-46(22,47)7/h9,21,23-37,39-41,48-56H,10-20H2,1-8H3,(H,57,58)/t21-,23+,24-,25+,26+,27+,28-,29-,30-,31+,32-,33-,34+,35-,36+,37+,39-,40-,41+,43-,44-,45+,46+,47+/m0/s1. The lowest BCUT2D eigenvalue weighted by atomic mass is 9.33. The number of carboxylic acid groups (broad SMARTS) is 1. The molecule has 3 aliphatic heterocycles. The van der Waals surface area contributed by atoms with Gasteiger partial charge in [-0.05, 0) is 110 Å². The molecule has 0 aromatic heterocycles. The van der Waals surface area contributed by atoms with Crippen molar-refractivity contribution in [1.29, 1.82) is 0 Å². The van der Waals surface area contributed by atoms with Gasteiger partial charge < -0.3 is 79.5 Å². The summed E-state index contributed by atoms with van der Waals surface area (Å²) in [6, 6.07) is 0. The number of hydrogen-bond acceptors (Lipinski definition) is 16. The molecule has 0 unspecified atom stereocenters. The third-order valence-electron chi connectivity index (χ3n) is 19.2. The molecule has 3 saturated heterocycles. The normalized spacial score (nSPS) is 56.1. The molecule has 0 aromatic carbocycles. The number of ether oxygens (including phenoxy) is 6. The Labute approximate surface area is 376 Å². The zero-order chi connectivity index (χ0) is 46.9. The van der Waals surface area contributed by atoms with Crippen LogP contribution >= 0.6 is 0 Å². The minimum atomic E-state index is -2.01. The Balaban J connectivity index is 1.06. The van der Waals surface area contributed by atoms with Gasteiger partial charge in [-0.15, -0.1) is 0 Å². The van der Waals surface area contributed by atoms with Gasteiger partial charge in [0.15, 0.2) is 25.0 Å². The lowest BCUT2D eigenvalue weighted by molar-refractivity contribution is -0.387. The molecule has 0 aromatic rings. The summed E-state index contributed by atoms with van der Waals surface area (Å²) in [5.41, 5.74) is 0.213. The number of aliphatic carboxylic acids is 1. The van der Waals surface area contributed by atoms with Crippen LogP contribution in [0.2, 0.25) is 0 Å². The smallest absolute Gasteiger partial charge is 0.335 e. The molecular weight excluding hydrogens is 837 g/mol. The summed E-state index contributed by atoms with van der Waals surface area (Å²) in [5.74, 6) is -0.933. The van der Waals surface area contributed by atoms with Crippen molar-refractivity contribution >= 4 is 5.97 Å². The molecule has 24 atom stereocenters. The van der Waals surface area contributed by atoms with Gasteiger partial charge in [0.05, 0.1) is 31.5 Å². The first-order valence-corrected chi connectivity index (χ1v) is 23.7. The summed E-state index contributed by atoms with van der Waals surface area (Å²) in [7, 11) is 0. The number of allylic oxidation sites excluding steroid dienone is 2. The zero-order valence-electron chi connectivity index (χ0n) is 38.7. The van der Waals surface area contributed by atoms with Crippen molar-refractivity contribution in [3.8, 4) is 0 Å². The maximum absolute atomic E-state index is 12.4. The van der Waals surface area contributed by atoms with E-state index in [9.17, 15) is 55.9 Å². The van der Waals surface area contributed by atoms with Crippen LogP contribution in [0, 0.1) is 50.2 Å². The van der Waals surface area contributed by atoms with E-state index in [0.29, 0.717) is 12.3 Å². The molecule has 8 aliphatic rings. The van der Waals surface area contributed by atoms with Crippen LogP contribution in [0.1, 0.15) is 113 Å². The molecule has 0 radical (unpaired) electrons. The van der Waals surface area contributed by atoms with Crippen molar-refractivity contribution in [2.75, 3.05) is 13.2 Å². The van der Waals surface area contributed by atoms with Crippen molar-refractivity contribution < 1.29 is 84.3 Å². The van der Waals surface area contributed by atoms with Crippen molar-refractivity contribution in [3.05, 3.63) is 11.6 Å². The van der Waals surface area contributed by atoms with E-state index in [1.165, 1.54) is 6.92 Å². The Bertz CT molecular complexity index is 1760. The predicted octanol–water partition coefficient (Wildman–Crippen LogP) is 1.34. The average Bonchev–Trinajstić information content (AvgIpc) is 3.23. The summed E-state index contributed by atoms with van der Waals surface area (Å²) in [5, 5.41) is 108. The highest BCUT2D eigenvalue weighted by molar-refractivity contribution is 5.73. The second-order valence-electron chi connectivity index (χ2n) is 23.1. The summed E-state index contributed by atoms with van der Waals surface area (Å²) < 4.78 is 36.1. The summed E-state index contributed by atoms with van der Waals surface area (Å²) >= 11 is 0. The van der Waals surface area contributed by atoms with E-state index < -0.39 is 110 Å². The van der Waals surface area contributed by atoms with Crippen LogP contribution in [0.25, 0.3) is 0 Å². The number of carboxylic acids is 1. The number of rotatable bonds is 8. The average molecular weight is 913 g/mol. The number of fused-ring (bicyclic) bond motifs is 7. The molecule has 366 valence electrons. The van der Waals surface area contributed by atoms with E-state index in [4.69, 9.17) is 28.4 Å². The van der Waals surface area contributed by atoms with Gasteiger partial charge in [0, 0.05) is 5.41 Å². The Morgan fingerprint density at radius 2 is 1.39 bits per heavy atom. The minimum Gasteiger partial charge on any atom is -0.479 e. The first-order valence-electron chi connectivity index (χ1n) is 23.7. The molecule has 0 amide bonds. The van der Waals surface area contributed by atoms with E-state index in [2.05, 4.69) is 47.6 Å².